The number of nitrogens with two attached hydrogens (primary N) is 1. The third-order valence-electron chi connectivity index (χ3n) is 2.86. The van der Waals surface area contributed by atoms with Gasteiger partial charge in [0.15, 0.2) is 0 Å². The highest BCUT2D eigenvalue weighted by Gasteiger charge is 2.28. The highest BCUT2D eigenvalue weighted by molar-refractivity contribution is 8.13. The molecule has 0 radical (unpaired) electrons. The summed E-state index contributed by atoms with van der Waals surface area (Å²) in [5.41, 5.74) is 7.46. The molecule has 7 heteroatoms. The number of hydrogen-bond donors (Lipinski definition) is 2. The summed E-state index contributed by atoms with van der Waals surface area (Å²) < 4.78 is 5.19. The van der Waals surface area contributed by atoms with E-state index in [4.69, 9.17) is 10.3 Å². The number of carbonyl (C=O) groups excluding carboxylic acids is 1. The predicted octanol–water partition coefficient (Wildman–Crippen LogP) is 1.69. The first-order valence-corrected chi connectivity index (χ1v) is 6.81. The minimum atomic E-state index is -0.193. The number of nitrogens with zero attached hydrogens (tertiary/aromatic N) is 2. The number of hydrogen-bond acceptors (Lipinski definition) is 6. The van der Waals surface area contributed by atoms with Gasteiger partial charge in [-0.3, -0.25) is 4.79 Å². The minimum Gasteiger partial charge on any atom is -0.337 e. The van der Waals surface area contributed by atoms with Gasteiger partial charge in [-0.05, 0) is 5.56 Å². The third-order valence-corrected chi connectivity index (χ3v) is 3.74. The molecule has 0 bridgehead atoms. The van der Waals surface area contributed by atoms with Gasteiger partial charge in [0.2, 0.25) is 11.7 Å². The second-order valence-electron chi connectivity index (χ2n) is 4.15. The second-order valence-corrected chi connectivity index (χ2v) is 5.15. The van der Waals surface area contributed by atoms with Crippen molar-refractivity contribution in [1.82, 2.24) is 15.5 Å². The van der Waals surface area contributed by atoms with Crippen LogP contribution in [0.3, 0.4) is 0 Å². The molecule has 1 atom stereocenters. The summed E-state index contributed by atoms with van der Waals surface area (Å²) in [5.74, 6) is 1.58. The fourth-order valence-corrected chi connectivity index (χ4v) is 2.57. The Labute approximate surface area is 113 Å². The molecule has 19 heavy (non-hydrogen) atoms. The summed E-state index contributed by atoms with van der Waals surface area (Å²) in [7, 11) is 0. The summed E-state index contributed by atoms with van der Waals surface area (Å²) in [6.45, 7) is 0.503. The van der Waals surface area contributed by atoms with Gasteiger partial charge in [0.1, 0.15) is 6.04 Å². The van der Waals surface area contributed by atoms with Gasteiger partial charge in [0.05, 0.1) is 0 Å². The number of aromatic nitrogens is 2. The predicted molar refractivity (Wildman–Crippen MR) is 71.4 cm³/mol. The molecule has 0 unspecified atom stereocenters. The molecule has 3 N–H and O–H groups in total. The summed E-state index contributed by atoms with van der Waals surface area (Å²) >= 11 is 1.22. The van der Waals surface area contributed by atoms with Crippen molar-refractivity contribution in [2.24, 2.45) is 5.73 Å². The molecule has 0 saturated carbocycles. The molecule has 1 aliphatic heterocycles. The number of amides is 1. The lowest BCUT2D eigenvalue weighted by Gasteiger charge is -2.00. The molecule has 1 aromatic carbocycles. The molecule has 98 valence electrons. The highest BCUT2D eigenvalue weighted by atomic mass is 32.2. The van der Waals surface area contributed by atoms with E-state index >= 15 is 0 Å². The summed E-state index contributed by atoms with van der Waals surface area (Å²) in [4.78, 5) is 15.4. The molecule has 1 amide bonds. The lowest BCUT2D eigenvalue weighted by Crippen LogP contribution is -2.18. The zero-order chi connectivity index (χ0) is 13.2. The molecule has 0 spiro atoms. The SMILES string of the molecule is NCc1ccc(-c2noc([C@@H]3CSC(=O)N3)n2)cc1. The molecule has 0 aliphatic carbocycles. The van der Waals surface area contributed by atoms with Gasteiger partial charge in [-0.15, -0.1) is 0 Å². The van der Waals surface area contributed by atoms with Crippen molar-refractivity contribution in [2.75, 3.05) is 5.75 Å². The van der Waals surface area contributed by atoms with Crippen LogP contribution in [0.25, 0.3) is 11.4 Å². The molecule has 3 rings (SSSR count). The number of benzene rings is 1. The molecular weight excluding hydrogens is 264 g/mol. The van der Waals surface area contributed by atoms with Crippen LogP contribution in [0.2, 0.25) is 0 Å². The van der Waals surface area contributed by atoms with Crippen LogP contribution in [0.4, 0.5) is 4.79 Å². The Kier molecular flexibility index (Phi) is 3.22. The lowest BCUT2D eigenvalue weighted by molar-refractivity contribution is 0.257. The van der Waals surface area contributed by atoms with E-state index in [0.717, 1.165) is 11.1 Å². The Bertz CT molecular complexity index is 596. The molecule has 2 aromatic rings. The lowest BCUT2D eigenvalue weighted by atomic mass is 10.1. The van der Waals surface area contributed by atoms with Gasteiger partial charge >= 0.3 is 0 Å². The van der Waals surface area contributed by atoms with Crippen molar-refractivity contribution >= 4 is 17.0 Å². The summed E-state index contributed by atoms with van der Waals surface area (Å²) in [5, 5.41) is 6.64. The van der Waals surface area contributed by atoms with Crippen molar-refractivity contribution in [3.05, 3.63) is 35.7 Å². The van der Waals surface area contributed by atoms with Gasteiger partial charge in [-0.25, -0.2) is 0 Å². The Morgan fingerprint density at radius 2 is 2.21 bits per heavy atom. The Balaban J connectivity index is 1.82. The average molecular weight is 276 g/mol. The van der Waals surface area contributed by atoms with Crippen LogP contribution in [0, 0.1) is 0 Å². The highest BCUT2D eigenvalue weighted by Crippen LogP contribution is 2.26. The number of nitrogens with one attached hydrogen (secondary N) is 1. The van der Waals surface area contributed by atoms with E-state index in [2.05, 4.69) is 15.5 Å². The zero-order valence-corrected chi connectivity index (χ0v) is 10.8. The summed E-state index contributed by atoms with van der Waals surface area (Å²) in [6.07, 6.45) is 0. The fourth-order valence-electron chi connectivity index (χ4n) is 1.80. The van der Waals surface area contributed by atoms with Crippen LogP contribution < -0.4 is 11.1 Å². The molecular formula is C12H12N4O2S. The quantitative estimate of drug-likeness (QED) is 0.886. The maximum Gasteiger partial charge on any atom is 0.279 e. The Hall–Kier alpha value is -1.86. The van der Waals surface area contributed by atoms with Crippen molar-refractivity contribution in [2.45, 2.75) is 12.6 Å². The van der Waals surface area contributed by atoms with Crippen molar-refractivity contribution in [3.63, 3.8) is 0 Å². The van der Waals surface area contributed by atoms with Gasteiger partial charge in [-0.1, -0.05) is 41.2 Å². The first-order valence-electron chi connectivity index (χ1n) is 5.82. The standard InChI is InChI=1S/C12H12N4O2S/c13-5-7-1-3-8(4-2-7)10-15-11(18-16-10)9-6-19-12(17)14-9/h1-4,9H,5-6,13H2,(H,14,17)/t9-/m0/s1. The van der Waals surface area contributed by atoms with Crippen molar-refractivity contribution < 1.29 is 9.32 Å². The minimum absolute atomic E-state index is 0.0583. The van der Waals surface area contributed by atoms with Crippen LogP contribution in [-0.4, -0.2) is 21.1 Å². The van der Waals surface area contributed by atoms with Gasteiger partial charge < -0.3 is 15.6 Å². The maximum atomic E-state index is 11.1. The molecule has 1 aliphatic rings. The number of thioether (sulfide) groups is 1. The smallest absolute Gasteiger partial charge is 0.279 e. The topological polar surface area (TPSA) is 94.0 Å². The molecule has 2 heterocycles. The molecule has 1 aromatic heterocycles. The molecule has 1 fully saturated rings. The normalized spacial score (nSPS) is 18.6. The average Bonchev–Trinajstić information content (AvgIpc) is 3.07. The Morgan fingerprint density at radius 1 is 1.42 bits per heavy atom. The van der Waals surface area contributed by atoms with E-state index in [1.165, 1.54) is 11.8 Å². The Morgan fingerprint density at radius 3 is 2.84 bits per heavy atom. The van der Waals surface area contributed by atoms with Crippen molar-refractivity contribution in [3.8, 4) is 11.4 Å². The van der Waals surface area contributed by atoms with E-state index in [1.807, 2.05) is 24.3 Å². The van der Waals surface area contributed by atoms with E-state index in [1.54, 1.807) is 0 Å². The fraction of sp³-hybridized carbons (Fsp3) is 0.250. The third kappa shape index (κ3) is 2.47. The molecule has 1 saturated heterocycles. The second kappa shape index (κ2) is 5.02. The number of rotatable bonds is 3. The monoisotopic (exact) mass is 276 g/mol. The van der Waals surface area contributed by atoms with Crippen LogP contribution in [-0.2, 0) is 6.54 Å². The van der Waals surface area contributed by atoms with Gasteiger partial charge in [0.25, 0.3) is 5.24 Å². The van der Waals surface area contributed by atoms with E-state index in [9.17, 15) is 4.79 Å². The molecule has 6 nitrogen and oxygen atoms in total. The van der Waals surface area contributed by atoms with E-state index in [0.29, 0.717) is 24.0 Å². The largest absolute Gasteiger partial charge is 0.337 e. The maximum absolute atomic E-state index is 11.1. The van der Waals surface area contributed by atoms with E-state index < -0.39 is 0 Å². The van der Waals surface area contributed by atoms with Crippen LogP contribution in [0.15, 0.2) is 28.8 Å². The first kappa shape index (κ1) is 12.2. The van der Waals surface area contributed by atoms with Crippen LogP contribution in [0.5, 0.6) is 0 Å². The van der Waals surface area contributed by atoms with Crippen LogP contribution >= 0.6 is 11.8 Å². The van der Waals surface area contributed by atoms with Crippen LogP contribution in [0.1, 0.15) is 17.5 Å². The van der Waals surface area contributed by atoms with Gasteiger partial charge in [-0.2, -0.15) is 4.98 Å². The van der Waals surface area contributed by atoms with Crippen molar-refractivity contribution in [1.29, 1.82) is 0 Å². The number of carbonyl (C=O) groups is 1. The van der Waals surface area contributed by atoms with E-state index in [-0.39, 0.29) is 11.3 Å². The summed E-state index contributed by atoms with van der Waals surface area (Å²) in [6, 6.07) is 7.47. The zero-order valence-electron chi connectivity index (χ0n) is 10.00. The van der Waals surface area contributed by atoms with Gasteiger partial charge in [0, 0.05) is 17.9 Å². The first-order chi connectivity index (χ1) is 9.26.